The summed E-state index contributed by atoms with van der Waals surface area (Å²) in [6, 6.07) is 33.1. The van der Waals surface area contributed by atoms with Crippen LogP contribution in [0.2, 0.25) is 10.0 Å². The molecule has 0 spiro atoms. The molecule has 12 heteroatoms. The van der Waals surface area contributed by atoms with E-state index in [0.717, 1.165) is 17.8 Å². The van der Waals surface area contributed by atoms with Gasteiger partial charge in [0, 0.05) is 26.2 Å². The van der Waals surface area contributed by atoms with Crippen molar-refractivity contribution in [3.63, 3.8) is 0 Å². The van der Waals surface area contributed by atoms with Gasteiger partial charge in [-0.25, -0.2) is 0 Å². The van der Waals surface area contributed by atoms with Gasteiger partial charge in [-0.1, -0.05) is 89.9 Å². The molecule has 3 N–H and O–H groups in total. The molecule has 0 bridgehead atoms. The normalized spacial score (nSPS) is 12.1. The first-order valence-corrected chi connectivity index (χ1v) is 16.2. The minimum atomic E-state index is -4.65. The average Bonchev–Trinajstić information content (AvgIpc) is 3.09. The Morgan fingerprint density at radius 1 is 0.735 bits per heavy atom. The van der Waals surface area contributed by atoms with Crippen LogP contribution < -0.4 is 16.0 Å². The monoisotopic (exact) mass is 719 g/mol. The van der Waals surface area contributed by atoms with Crippen LogP contribution in [0.4, 0.5) is 24.5 Å². The molecule has 0 heterocycles. The Bertz CT molecular complexity index is 1990. The third-order valence-electron chi connectivity index (χ3n) is 6.99. The zero-order valence-corrected chi connectivity index (χ0v) is 27.6. The predicted molar refractivity (Wildman–Crippen MR) is 189 cm³/mol. The highest BCUT2D eigenvalue weighted by molar-refractivity contribution is 8.00. The van der Waals surface area contributed by atoms with Crippen molar-refractivity contribution in [1.29, 1.82) is 0 Å². The van der Waals surface area contributed by atoms with Crippen molar-refractivity contribution < 1.29 is 27.6 Å². The second kappa shape index (κ2) is 15.9. The molecule has 0 saturated heterocycles. The Kier molecular flexibility index (Phi) is 11.5. The molecule has 3 amide bonds. The number of para-hydroxylation sites is 1. The maximum Gasteiger partial charge on any atom is 0.418 e. The first kappa shape index (κ1) is 35.3. The molecule has 0 fully saturated rings. The summed E-state index contributed by atoms with van der Waals surface area (Å²) in [7, 11) is 0. The van der Waals surface area contributed by atoms with E-state index >= 15 is 0 Å². The van der Waals surface area contributed by atoms with E-state index in [2.05, 4.69) is 16.0 Å². The first-order chi connectivity index (χ1) is 23.5. The van der Waals surface area contributed by atoms with Gasteiger partial charge in [-0.15, -0.1) is 11.8 Å². The van der Waals surface area contributed by atoms with E-state index in [1.165, 1.54) is 30.3 Å². The Morgan fingerprint density at radius 2 is 1.37 bits per heavy atom. The lowest BCUT2D eigenvalue weighted by Crippen LogP contribution is -2.30. The summed E-state index contributed by atoms with van der Waals surface area (Å²) in [4.78, 5) is 40.5. The minimum absolute atomic E-state index is 0.0866. The molecular formula is C37H26Cl2F3N3O3S. The topological polar surface area (TPSA) is 87.3 Å². The van der Waals surface area contributed by atoms with Gasteiger partial charge < -0.3 is 16.0 Å². The number of rotatable bonds is 10. The van der Waals surface area contributed by atoms with Crippen LogP contribution in [0.1, 0.15) is 32.3 Å². The van der Waals surface area contributed by atoms with E-state index in [4.69, 9.17) is 23.2 Å². The number of halogens is 5. The predicted octanol–water partition coefficient (Wildman–Crippen LogP) is 9.89. The van der Waals surface area contributed by atoms with Crippen molar-refractivity contribution in [2.45, 2.75) is 16.3 Å². The highest BCUT2D eigenvalue weighted by Gasteiger charge is 2.34. The number of alkyl halides is 3. The molecule has 6 nitrogen and oxygen atoms in total. The molecule has 49 heavy (non-hydrogen) atoms. The van der Waals surface area contributed by atoms with Crippen LogP contribution in [0.25, 0.3) is 6.08 Å². The first-order valence-electron chi connectivity index (χ1n) is 14.6. The Morgan fingerprint density at radius 3 is 2.02 bits per heavy atom. The van der Waals surface area contributed by atoms with Gasteiger partial charge in [0.2, 0.25) is 5.91 Å². The van der Waals surface area contributed by atoms with Gasteiger partial charge in [0.15, 0.2) is 0 Å². The zero-order valence-electron chi connectivity index (χ0n) is 25.3. The fourth-order valence-corrected chi connectivity index (χ4v) is 6.09. The van der Waals surface area contributed by atoms with Crippen molar-refractivity contribution in [1.82, 2.24) is 5.32 Å². The van der Waals surface area contributed by atoms with Crippen LogP contribution in [-0.2, 0) is 15.8 Å². The summed E-state index contributed by atoms with van der Waals surface area (Å²) in [5.41, 5.74) is 0.349. The number of hydrogen-bond donors (Lipinski definition) is 3. The molecule has 0 radical (unpaired) electrons. The summed E-state index contributed by atoms with van der Waals surface area (Å²) >= 11 is 13.5. The molecular weight excluding hydrogens is 694 g/mol. The number of hydrogen-bond acceptors (Lipinski definition) is 4. The number of amides is 3. The van der Waals surface area contributed by atoms with E-state index in [1.807, 2.05) is 0 Å². The summed E-state index contributed by atoms with van der Waals surface area (Å²) < 4.78 is 40.8. The highest BCUT2D eigenvalue weighted by atomic mass is 35.5. The van der Waals surface area contributed by atoms with Crippen LogP contribution in [0.3, 0.4) is 0 Å². The largest absolute Gasteiger partial charge is 0.418 e. The number of nitrogens with one attached hydrogen (secondary N) is 3. The number of carbonyl (C=O) groups is 3. The third-order valence-corrected chi connectivity index (χ3v) is 8.82. The molecule has 0 aliphatic rings. The smallest absolute Gasteiger partial charge is 0.324 e. The lowest BCUT2D eigenvalue weighted by atomic mass is 10.1. The maximum atomic E-state index is 13.6. The van der Waals surface area contributed by atoms with E-state index in [9.17, 15) is 27.6 Å². The number of carbonyl (C=O) groups excluding carboxylic acids is 3. The van der Waals surface area contributed by atoms with Gasteiger partial charge in [-0.3, -0.25) is 14.4 Å². The third kappa shape index (κ3) is 9.54. The molecule has 5 aromatic carbocycles. The van der Waals surface area contributed by atoms with Crippen molar-refractivity contribution in [3.05, 3.63) is 165 Å². The number of thioether (sulfide) groups is 1. The molecule has 0 aliphatic carbocycles. The fraction of sp³-hybridized carbons (Fsp3) is 0.0541. The minimum Gasteiger partial charge on any atom is -0.324 e. The number of benzene rings is 5. The van der Waals surface area contributed by atoms with E-state index < -0.39 is 34.7 Å². The summed E-state index contributed by atoms with van der Waals surface area (Å²) in [6.07, 6.45) is -3.22. The Hall–Kier alpha value is -5.03. The lowest BCUT2D eigenvalue weighted by Gasteiger charge is -2.19. The van der Waals surface area contributed by atoms with Crippen molar-refractivity contribution >= 4 is 70.1 Å². The van der Waals surface area contributed by atoms with Crippen LogP contribution in [0, 0.1) is 0 Å². The van der Waals surface area contributed by atoms with Crippen molar-refractivity contribution in [2.24, 2.45) is 0 Å². The van der Waals surface area contributed by atoms with Gasteiger partial charge in [0.25, 0.3) is 11.8 Å². The van der Waals surface area contributed by atoms with Crippen molar-refractivity contribution in [2.75, 3.05) is 10.6 Å². The van der Waals surface area contributed by atoms with E-state index in [1.54, 1.807) is 97.1 Å². The fourth-order valence-electron chi connectivity index (χ4n) is 4.61. The number of anilines is 2. The Labute approximate surface area is 294 Å². The van der Waals surface area contributed by atoms with E-state index in [-0.39, 0.29) is 16.4 Å². The summed E-state index contributed by atoms with van der Waals surface area (Å²) in [5.74, 6) is -1.79. The lowest BCUT2D eigenvalue weighted by molar-refractivity contribution is -0.137. The average molecular weight is 721 g/mol. The molecule has 5 aromatic rings. The standard InChI is InChI=1S/C37H26Cl2F3N3O3S/c38-26-16-15-25(30(39)22-26)21-32(45-34(46)24-11-5-2-6-12-24)35(47)43-27-17-19-28(20-18-27)49-33(23-9-3-1-4-10-23)36(48)44-31-14-8-7-13-29(31)37(40,41)42/h1-22,33H,(H,43,47)(H,44,48)(H,45,46)/b32-21-. The summed E-state index contributed by atoms with van der Waals surface area (Å²) in [5, 5.41) is 7.61. The molecule has 248 valence electrons. The second-order valence-corrected chi connectivity index (χ2v) is 12.5. The summed E-state index contributed by atoms with van der Waals surface area (Å²) in [6.45, 7) is 0. The van der Waals surface area contributed by atoms with Crippen LogP contribution in [-0.4, -0.2) is 17.7 Å². The quantitative estimate of drug-likeness (QED) is 0.0991. The second-order valence-electron chi connectivity index (χ2n) is 10.5. The van der Waals surface area contributed by atoms with Gasteiger partial charge in [-0.05, 0) is 77.9 Å². The van der Waals surface area contributed by atoms with Crippen molar-refractivity contribution in [3.8, 4) is 0 Å². The Balaban J connectivity index is 1.35. The van der Waals surface area contributed by atoms with Gasteiger partial charge in [0.1, 0.15) is 10.9 Å². The van der Waals surface area contributed by atoms with E-state index in [0.29, 0.717) is 32.3 Å². The molecule has 0 saturated carbocycles. The molecule has 0 aliphatic heterocycles. The van der Waals surface area contributed by atoms with Gasteiger partial charge in [0.05, 0.1) is 11.3 Å². The van der Waals surface area contributed by atoms with Gasteiger partial charge in [-0.2, -0.15) is 13.2 Å². The zero-order chi connectivity index (χ0) is 35.0. The highest BCUT2D eigenvalue weighted by Crippen LogP contribution is 2.39. The molecule has 0 aromatic heterocycles. The van der Waals surface area contributed by atoms with Crippen LogP contribution >= 0.6 is 35.0 Å². The molecule has 1 atom stereocenters. The maximum absolute atomic E-state index is 13.6. The molecule has 1 unspecified atom stereocenters. The SMILES string of the molecule is O=C(Nc1ccc(SC(C(=O)Nc2ccccc2C(F)(F)F)c2ccccc2)cc1)/C(=C/c1ccc(Cl)cc1Cl)NC(=O)c1ccccc1. The molecule has 5 rings (SSSR count). The van der Waals surface area contributed by atoms with Crippen LogP contribution in [0.5, 0.6) is 0 Å². The van der Waals surface area contributed by atoms with Gasteiger partial charge >= 0.3 is 6.18 Å². The van der Waals surface area contributed by atoms with Crippen LogP contribution in [0.15, 0.2) is 138 Å².